The van der Waals surface area contributed by atoms with E-state index in [4.69, 9.17) is 9.05 Å². The third kappa shape index (κ3) is 3.93. The molecule has 0 bridgehead atoms. The van der Waals surface area contributed by atoms with E-state index in [1.165, 1.54) is 0 Å². The van der Waals surface area contributed by atoms with Crippen molar-refractivity contribution in [2.45, 2.75) is 0 Å². The van der Waals surface area contributed by atoms with Gasteiger partial charge in [-0.05, 0) is 48.6 Å². The van der Waals surface area contributed by atoms with Gasteiger partial charge in [-0.2, -0.15) is 0 Å². The molecule has 0 unspecified atom stereocenters. The summed E-state index contributed by atoms with van der Waals surface area (Å²) in [5, 5.41) is 0. The Labute approximate surface area is 212 Å². The largest absolute Gasteiger partial charge is 0.460 e. The molecule has 1 N–H and O–H groups in total. The SMILES string of the molecule is CN1c2ccccc2C=C(OP(O)OC2=Cc3ccccc3N(C)c3ccccc32)c2ccccc21. The van der Waals surface area contributed by atoms with Crippen LogP contribution in [-0.4, -0.2) is 19.0 Å². The normalized spacial score (nSPS) is 13.9. The van der Waals surface area contributed by atoms with Gasteiger partial charge in [-0.15, -0.1) is 0 Å². The molecule has 0 fully saturated rings. The van der Waals surface area contributed by atoms with Crippen LogP contribution in [0.15, 0.2) is 97.1 Å². The van der Waals surface area contributed by atoms with E-state index in [0.717, 1.165) is 45.0 Å². The van der Waals surface area contributed by atoms with Gasteiger partial charge in [0.15, 0.2) is 0 Å². The lowest BCUT2D eigenvalue weighted by Gasteiger charge is -2.23. The molecule has 6 rings (SSSR count). The molecule has 0 radical (unpaired) electrons. The summed E-state index contributed by atoms with van der Waals surface area (Å²) in [5.41, 5.74) is 7.90. The van der Waals surface area contributed by atoms with Crippen LogP contribution in [0.1, 0.15) is 22.3 Å². The summed E-state index contributed by atoms with van der Waals surface area (Å²) >= 11 is 0. The zero-order chi connectivity index (χ0) is 24.6. The van der Waals surface area contributed by atoms with Crippen molar-refractivity contribution in [1.29, 1.82) is 0 Å². The second-order valence-electron chi connectivity index (χ2n) is 8.71. The lowest BCUT2D eigenvalue weighted by atomic mass is 10.1. The molecule has 0 saturated carbocycles. The fourth-order valence-corrected chi connectivity index (χ4v) is 5.49. The van der Waals surface area contributed by atoms with Crippen LogP contribution in [0.2, 0.25) is 0 Å². The molecular formula is C30H25N2O3P. The summed E-state index contributed by atoms with van der Waals surface area (Å²) in [6.07, 6.45) is 3.93. The van der Waals surface area contributed by atoms with Crippen molar-refractivity contribution in [3.63, 3.8) is 0 Å². The van der Waals surface area contributed by atoms with Crippen LogP contribution in [0, 0.1) is 0 Å². The molecule has 6 heteroatoms. The summed E-state index contributed by atoms with van der Waals surface area (Å²) < 4.78 is 12.3. The zero-order valence-corrected chi connectivity index (χ0v) is 20.9. The monoisotopic (exact) mass is 492 g/mol. The number of anilines is 4. The average molecular weight is 493 g/mol. The first-order chi connectivity index (χ1) is 17.6. The summed E-state index contributed by atoms with van der Waals surface area (Å²) in [6.45, 7) is 0. The van der Waals surface area contributed by atoms with Crippen molar-refractivity contribution >= 4 is 55.0 Å². The first-order valence-electron chi connectivity index (χ1n) is 11.7. The van der Waals surface area contributed by atoms with Crippen molar-refractivity contribution in [2.24, 2.45) is 0 Å². The molecule has 4 aromatic carbocycles. The standard InChI is InChI=1S/C30H25N2O3P/c1-31-25-15-7-3-11-21(25)19-29(23-13-5-9-17-27(23)31)34-36(33)35-30-20-22-12-4-8-16-26(22)32(2)28-18-10-6-14-24(28)30/h3-20,33H,1-2H3. The number of hydrogen-bond acceptors (Lipinski definition) is 5. The molecule has 0 atom stereocenters. The Bertz CT molecular complexity index is 1400. The van der Waals surface area contributed by atoms with Gasteiger partial charge >= 0.3 is 8.60 Å². The Balaban J connectivity index is 1.37. The first-order valence-corrected chi connectivity index (χ1v) is 12.9. The third-order valence-corrected chi connectivity index (χ3v) is 7.29. The Kier molecular flexibility index (Phi) is 5.73. The highest BCUT2D eigenvalue weighted by Crippen LogP contribution is 2.50. The number of rotatable bonds is 4. The molecule has 0 spiro atoms. The number of hydrogen-bond donors (Lipinski definition) is 1. The summed E-state index contributed by atoms with van der Waals surface area (Å²) in [4.78, 5) is 15.4. The second-order valence-corrected chi connectivity index (χ2v) is 9.55. The Morgan fingerprint density at radius 3 is 1.33 bits per heavy atom. The van der Waals surface area contributed by atoms with E-state index in [1.807, 2.05) is 111 Å². The Hall–Kier alpha value is -4.05. The van der Waals surface area contributed by atoms with Gasteiger partial charge in [0.2, 0.25) is 0 Å². The van der Waals surface area contributed by atoms with Gasteiger partial charge in [-0.3, -0.25) is 0 Å². The number of benzene rings is 4. The quantitative estimate of drug-likeness (QED) is 0.295. The van der Waals surface area contributed by atoms with Gasteiger partial charge in [0.05, 0.1) is 11.4 Å². The molecule has 5 nitrogen and oxygen atoms in total. The minimum Gasteiger partial charge on any atom is -0.417 e. The molecule has 2 aliphatic heterocycles. The molecule has 0 aliphatic carbocycles. The Morgan fingerprint density at radius 1 is 0.528 bits per heavy atom. The van der Waals surface area contributed by atoms with Gasteiger partial charge in [-0.1, -0.05) is 60.7 Å². The van der Waals surface area contributed by atoms with Crippen molar-refractivity contribution in [1.82, 2.24) is 0 Å². The fraction of sp³-hybridized carbons (Fsp3) is 0.0667. The van der Waals surface area contributed by atoms with Crippen molar-refractivity contribution < 1.29 is 13.9 Å². The Morgan fingerprint density at radius 2 is 0.889 bits per heavy atom. The van der Waals surface area contributed by atoms with Gasteiger partial charge in [-0.25, -0.2) is 0 Å². The maximum absolute atomic E-state index is 11.1. The predicted octanol–water partition coefficient (Wildman–Crippen LogP) is 7.80. The molecular weight excluding hydrogens is 467 g/mol. The van der Waals surface area contributed by atoms with Crippen molar-refractivity contribution in [3.05, 3.63) is 119 Å². The summed E-state index contributed by atoms with van der Waals surface area (Å²) in [6, 6.07) is 32.3. The van der Waals surface area contributed by atoms with E-state index in [9.17, 15) is 4.89 Å². The predicted molar refractivity (Wildman–Crippen MR) is 149 cm³/mol. The van der Waals surface area contributed by atoms with Crippen LogP contribution < -0.4 is 9.80 Å². The highest BCUT2D eigenvalue weighted by atomic mass is 31.2. The minimum absolute atomic E-state index is 0.566. The molecule has 178 valence electrons. The third-order valence-electron chi connectivity index (χ3n) is 6.58. The maximum atomic E-state index is 11.1. The minimum atomic E-state index is -2.28. The number of fused-ring (bicyclic) bond motifs is 4. The zero-order valence-electron chi connectivity index (χ0n) is 20.0. The fourth-order valence-electron chi connectivity index (χ4n) is 4.81. The van der Waals surface area contributed by atoms with Crippen LogP contribution in [0.25, 0.3) is 23.7 Å². The van der Waals surface area contributed by atoms with E-state index >= 15 is 0 Å². The molecule has 2 heterocycles. The van der Waals surface area contributed by atoms with E-state index < -0.39 is 8.60 Å². The van der Waals surface area contributed by atoms with Crippen LogP contribution in [0.5, 0.6) is 0 Å². The van der Waals surface area contributed by atoms with E-state index in [1.54, 1.807) is 0 Å². The molecule has 0 amide bonds. The molecule has 2 aliphatic rings. The molecule has 4 aromatic rings. The molecule has 36 heavy (non-hydrogen) atoms. The van der Waals surface area contributed by atoms with Crippen LogP contribution >= 0.6 is 8.60 Å². The van der Waals surface area contributed by atoms with Crippen LogP contribution in [-0.2, 0) is 9.05 Å². The highest BCUT2D eigenvalue weighted by Gasteiger charge is 2.26. The van der Waals surface area contributed by atoms with Gasteiger partial charge in [0, 0.05) is 47.7 Å². The molecule has 0 saturated heterocycles. The van der Waals surface area contributed by atoms with Gasteiger partial charge < -0.3 is 23.7 Å². The second kappa shape index (κ2) is 9.19. The molecule has 0 aromatic heterocycles. The van der Waals surface area contributed by atoms with Crippen LogP contribution in [0.3, 0.4) is 0 Å². The lowest BCUT2D eigenvalue weighted by molar-refractivity contribution is 0.349. The summed E-state index contributed by atoms with van der Waals surface area (Å²) in [5.74, 6) is 1.13. The van der Waals surface area contributed by atoms with Crippen molar-refractivity contribution in [3.8, 4) is 0 Å². The summed E-state index contributed by atoms with van der Waals surface area (Å²) in [7, 11) is 1.79. The van der Waals surface area contributed by atoms with Crippen molar-refractivity contribution in [2.75, 3.05) is 23.9 Å². The van der Waals surface area contributed by atoms with E-state index in [2.05, 4.69) is 21.9 Å². The maximum Gasteiger partial charge on any atom is 0.460 e. The topological polar surface area (TPSA) is 45.2 Å². The highest BCUT2D eigenvalue weighted by molar-refractivity contribution is 7.41. The lowest BCUT2D eigenvalue weighted by Crippen LogP contribution is -2.11. The number of para-hydroxylation sites is 4. The van der Waals surface area contributed by atoms with Gasteiger partial charge in [0.25, 0.3) is 0 Å². The smallest absolute Gasteiger partial charge is 0.417 e. The van der Waals surface area contributed by atoms with Gasteiger partial charge in [0.1, 0.15) is 11.5 Å². The van der Waals surface area contributed by atoms with E-state index in [0.29, 0.717) is 11.5 Å². The van der Waals surface area contributed by atoms with Crippen LogP contribution in [0.4, 0.5) is 22.7 Å². The average Bonchev–Trinajstić information content (AvgIpc) is 3.10. The van der Waals surface area contributed by atoms with E-state index in [-0.39, 0.29) is 0 Å². The number of nitrogens with zero attached hydrogens (tertiary/aromatic N) is 2. The first kappa shape index (κ1) is 22.4.